The van der Waals surface area contributed by atoms with Crippen LogP contribution in [-0.4, -0.2) is 9.85 Å². The number of thioether (sulfide) groups is 1. The largest absolute Gasteiger partial charge is 0.506 e. The van der Waals surface area contributed by atoms with E-state index in [1.807, 2.05) is 23.9 Å². The SMILES string of the molecule is CC(C)(C)SCc1ccc(O)c(N)c1. The molecule has 78 valence electrons. The van der Waals surface area contributed by atoms with Crippen molar-refractivity contribution < 1.29 is 5.11 Å². The Kier molecular flexibility index (Phi) is 3.32. The second kappa shape index (κ2) is 4.13. The van der Waals surface area contributed by atoms with Gasteiger partial charge in [0, 0.05) is 10.5 Å². The molecular weight excluding hydrogens is 194 g/mol. The first-order chi connectivity index (χ1) is 6.38. The molecule has 1 aromatic rings. The van der Waals surface area contributed by atoms with Gasteiger partial charge in [-0.25, -0.2) is 0 Å². The van der Waals surface area contributed by atoms with Crippen LogP contribution in [0.5, 0.6) is 5.75 Å². The van der Waals surface area contributed by atoms with Crippen LogP contribution in [-0.2, 0) is 5.75 Å². The van der Waals surface area contributed by atoms with Crippen molar-refractivity contribution >= 4 is 17.4 Å². The second-order valence-electron chi connectivity index (χ2n) is 4.29. The van der Waals surface area contributed by atoms with E-state index in [1.165, 1.54) is 0 Å². The molecule has 0 bridgehead atoms. The predicted molar refractivity (Wildman–Crippen MR) is 63.6 cm³/mol. The fourth-order valence-corrected chi connectivity index (χ4v) is 1.77. The van der Waals surface area contributed by atoms with E-state index in [1.54, 1.807) is 6.07 Å². The fraction of sp³-hybridized carbons (Fsp3) is 0.455. The molecule has 0 aliphatic rings. The van der Waals surface area contributed by atoms with E-state index in [4.69, 9.17) is 5.73 Å². The summed E-state index contributed by atoms with van der Waals surface area (Å²) in [5.74, 6) is 1.09. The van der Waals surface area contributed by atoms with Crippen LogP contribution in [0.25, 0.3) is 0 Å². The van der Waals surface area contributed by atoms with E-state index in [2.05, 4.69) is 20.8 Å². The lowest BCUT2D eigenvalue weighted by molar-refractivity contribution is 0.478. The van der Waals surface area contributed by atoms with Crippen LogP contribution in [0, 0.1) is 0 Å². The number of aromatic hydroxyl groups is 1. The quantitative estimate of drug-likeness (QED) is 0.584. The molecule has 0 heterocycles. The lowest BCUT2D eigenvalue weighted by atomic mass is 10.2. The van der Waals surface area contributed by atoms with Gasteiger partial charge in [-0.15, -0.1) is 0 Å². The topological polar surface area (TPSA) is 46.2 Å². The summed E-state index contributed by atoms with van der Waals surface area (Å²) >= 11 is 1.86. The zero-order valence-electron chi connectivity index (χ0n) is 8.87. The Bertz CT molecular complexity index is 318. The minimum Gasteiger partial charge on any atom is -0.506 e. The number of hydrogen-bond donors (Lipinski definition) is 2. The van der Waals surface area contributed by atoms with Crippen molar-refractivity contribution in [3.8, 4) is 5.75 Å². The monoisotopic (exact) mass is 211 g/mol. The molecule has 1 rings (SSSR count). The van der Waals surface area contributed by atoms with Gasteiger partial charge in [-0.05, 0) is 17.7 Å². The average molecular weight is 211 g/mol. The first kappa shape index (κ1) is 11.2. The number of nitrogen functional groups attached to an aromatic ring is 1. The molecule has 14 heavy (non-hydrogen) atoms. The van der Waals surface area contributed by atoms with Gasteiger partial charge in [0.25, 0.3) is 0 Å². The minimum atomic E-state index is 0.162. The molecular formula is C11H17NOS. The van der Waals surface area contributed by atoms with Crippen LogP contribution in [0.3, 0.4) is 0 Å². The third-order valence-corrected chi connectivity index (χ3v) is 3.11. The maximum atomic E-state index is 9.24. The smallest absolute Gasteiger partial charge is 0.138 e. The van der Waals surface area contributed by atoms with Gasteiger partial charge in [-0.3, -0.25) is 0 Å². The van der Waals surface area contributed by atoms with Crippen LogP contribution in [0.2, 0.25) is 0 Å². The highest BCUT2D eigenvalue weighted by atomic mass is 32.2. The van der Waals surface area contributed by atoms with E-state index in [0.29, 0.717) is 5.69 Å². The Morgan fingerprint density at radius 2 is 2.00 bits per heavy atom. The number of benzene rings is 1. The molecule has 2 nitrogen and oxygen atoms in total. The zero-order valence-corrected chi connectivity index (χ0v) is 9.69. The van der Waals surface area contributed by atoms with Gasteiger partial charge in [0.15, 0.2) is 0 Å². The van der Waals surface area contributed by atoms with E-state index in [0.717, 1.165) is 11.3 Å². The van der Waals surface area contributed by atoms with Crippen LogP contribution in [0.1, 0.15) is 26.3 Å². The van der Waals surface area contributed by atoms with Crippen molar-refractivity contribution in [2.75, 3.05) is 5.73 Å². The van der Waals surface area contributed by atoms with Crippen molar-refractivity contribution in [3.63, 3.8) is 0 Å². The van der Waals surface area contributed by atoms with Crippen LogP contribution >= 0.6 is 11.8 Å². The number of phenols is 1. The normalized spacial score (nSPS) is 11.6. The summed E-state index contributed by atoms with van der Waals surface area (Å²) in [6, 6.07) is 5.38. The van der Waals surface area contributed by atoms with Gasteiger partial charge >= 0.3 is 0 Å². The van der Waals surface area contributed by atoms with Gasteiger partial charge in [-0.2, -0.15) is 11.8 Å². The minimum absolute atomic E-state index is 0.162. The molecule has 3 N–H and O–H groups in total. The van der Waals surface area contributed by atoms with Crippen molar-refractivity contribution in [2.45, 2.75) is 31.3 Å². The number of phenolic OH excluding ortho intramolecular Hbond substituents is 1. The van der Waals surface area contributed by atoms with E-state index >= 15 is 0 Å². The van der Waals surface area contributed by atoms with Crippen LogP contribution < -0.4 is 5.73 Å². The molecule has 3 heteroatoms. The first-order valence-corrected chi connectivity index (χ1v) is 5.58. The molecule has 0 unspecified atom stereocenters. The molecule has 0 saturated carbocycles. The fourth-order valence-electron chi connectivity index (χ4n) is 0.994. The van der Waals surface area contributed by atoms with Crippen LogP contribution in [0.15, 0.2) is 18.2 Å². The summed E-state index contributed by atoms with van der Waals surface area (Å²) in [4.78, 5) is 0. The third kappa shape index (κ3) is 3.50. The Morgan fingerprint density at radius 3 is 2.50 bits per heavy atom. The number of rotatable bonds is 2. The highest BCUT2D eigenvalue weighted by Gasteiger charge is 2.10. The molecule has 0 atom stereocenters. The van der Waals surface area contributed by atoms with Gasteiger partial charge in [0.2, 0.25) is 0 Å². The molecule has 0 spiro atoms. The van der Waals surface area contributed by atoms with Gasteiger partial charge < -0.3 is 10.8 Å². The Balaban J connectivity index is 2.65. The summed E-state index contributed by atoms with van der Waals surface area (Å²) < 4.78 is 0.257. The first-order valence-electron chi connectivity index (χ1n) is 4.60. The van der Waals surface area contributed by atoms with Crippen molar-refractivity contribution in [2.24, 2.45) is 0 Å². The second-order valence-corrected chi connectivity index (χ2v) is 6.10. The average Bonchev–Trinajstić information content (AvgIpc) is 2.06. The van der Waals surface area contributed by atoms with E-state index in [9.17, 15) is 5.11 Å². The Hall–Kier alpha value is -0.830. The molecule has 0 amide bonds. The van der Waals surface area contributed by atoms with Crippen LogP contribution in [0.4, 0.5) is 5.69 Å². The number of nitrogens with two attached hydrogens (primary N) is 1. The van der Waals surface area contributed by atoms with Crippen molar-refractivity contribution in [1.29, 1.82) is 0 Å². The van der Waals surface area contributed by atoms with Gasteiger partial charge in [-0.1, -0.05) is 26.8 Å². The number of hydrogen-bond acceptors (Lipinski definition) is 3. The summed E-state index contributed by atoms with van der Waals surface area (Å²) in [5.41, 5.74) is 7.21. The molecule has 0 aliphatic carbocycles. The van der Waals surface area contributed by atoms with Crippen molar-refractivity contribution in [3.05, 3.63) is 23.8 Å². The molecule has 1 aromatic carbocycles. The van der Waals surface area contributed by atoms with Gasteiger partial charge in [0.05, 0.1) is 5.69 Å². The van der Waals surface area contributed by atoms with E-state index < -0.39 is 0 Å². The molecule has 0 aromatic heterocycles. The summed E-state index contributed by atoms with van der Waals surface area (Å²) in [7, 11) is 0. The Morgan fingerprint density at radius 1 is 1.36 bits per heavy atom. The van der Waals surface area contributed by atoms with E-state index in [-0.39, 0.29) is 10.5 Å². The highest BCUT2D eigenvalue weighted by Crippen LogP contribution is 2.29. The standard InChI is InChI=1S/C11H17NOS/c1-11(2,3)14-7-8-4-5-10(13)9(12)6-8/h4-6,13H,7,12H2,1-3H3. The molecule has 0 aliphatic heterocycles. The summed E-state index contributed by atoms with van der Waals surface area (Å²) in [5, 5.41) is 9.24. The summed E-state index contributed by atoms with van der Waals surface area (Å²) in [6.07, 6.45) is 0. The predicted octanol–water partition coefficient (Wildman–Crippen LogP) is 3.01. The highest BCUT2D eigenvalue weighted by molar-refractivity contribution is 7.99. The maximum Gasteiger partial charge on any atom is 0.138 e. The zero-order chi connectivity index (χ0) is 10.8. The summed E-state index contributed by atoms with van der Waals surface area (Å²) in [6.45, 7) is 6.55. The molecule has 0 fully saturated rings. The third-order valence-electron chi connectivity index (χ3n) is 1.76. The maximum absolute atomic E-state index is 9.24. The molecule has 0 saturated heterocycles. The van der Waals surface area contributed by atoms with Crippen molar-refractivity contribution in [1.82, 2.24) is 0 Å². The lowest BCUT2D eigenvalue weighted by Crippen LogP contribution is -2.07. The van der Waals surface area contributed by atoms with Gasteiger partial charge in [0.1, 0.15) is 5.75 Å². The Labute approximate surface area is 89.5 Å². The lowest BCUT2D eigenvalue weighted by Gasteiger charge is -2.17. The number of anilines is 1. The molecule has 0 radical (unpaired) electrons.